The van der Waals surface area contributed by atoms with Crippen LogP contribution in [-0.4, -0.2) is 47.4 Å². The van der Waals surface area contributed by atoms with Crippen LogP contribution in [0.15, 0.2) is 61.2 Å². The van der Waals surface area contributed by atoms with Crippen molar-refractivity contribution in [3.05, 3.63) is 77.9 Å². The van der Waals surface area contributed by atoms with E-state index in [1.807, 2.05) is 18.2 Å². The molecule has 0 aliphatic heterocycles. The average molecular weight is 400 g/mol. The highest BCUT2D eigenvalue weighted by Crippen LogP contribution is 2.30. The van der Waals surface area contributed by atoms with E-state index in [4.69, 9.17) is 9.47 Å². The van der Waals surface area contributed by atoms with Crippen LogP contribution in [-0.2, 0) is 19.9 Å². The number of ether oxygens (including phenoxy) is 2. The molecule has 0 heterocycles. The highest BCUT2D eigenvalue weighted by Gasteiger charge is 2.39. The van der Waals surface area contributed by atoms with Crippen molar-refractivity contribution in [1.29, 1.82) is 0 Å². The Kier molecular flexibility index (Phi) is 7.71. The van der Waals surface area contributed by atoms with Crippen molar-refractivity contribution in [3.63, 3.8) is 0 Å². The lowest BCUT2D eigenvalue weighted by Gasteiger charge is -2.29. The Balaban J connectivity index is 2.20. The van der Waals surface area contributed by atoms with E-state index in [9.17, 15) is 9.90 Å². The maximum atomic E-state index is 13.0. The highest BCUT2D eigenvalue weighted by atomic mass is 28.1. The molecule has 0 aliphatic rings. The van der Waals surface area contributed by atoms with E-state index in [2.05, 4.69) is 11.9 Å². The van der Waals surface area contributed by atoms with E-state index in [-0.39, 0.29) is 0 Å². The van der Waals surface area contributed by atoms with Crippen LogP contribution < -0.4 is 5.32 Å². The highest BCUT2D eigenvalue weighted by molar-refractivity contribution is 6.13. The number of hydrogen-bond donors (Lipinski definition) is 2. The van der Waals surface area contributed by atoms with Crippen LogP contribution in [0.4, 0.5) is 0 Å². The van der Waals surface area contributed by atoms with Gasteiger partial charge in [-0.15, -0.1) is 0 Å². The normalized spacial score (nSPS) is 13.7. The van der Waals surface area contributed by atoms with E-state index in [1.54, 1.807) is 56.7 Å². The molecule has 2 N–H and O–H groups in total. The molecule has 1 unspecified atom stereocenters. The largest absolute Gasteiger partial charge is 0.372 e. The number of carbonyl (C=O) groups excluding carboxylic acids is 1. The predicted octanol–water partition coefficient (Wildman–Crippen LogP) is 1.77. The molecule has 28 heavy (non-hydrogen) atoms. The molecule has 2 aromatic carbocycles. The lowest BCUT2D eigenvalue weighted by molar-refractivity contribution is -0.147. The molecule has 0 aromatic heterocycles. The molecule has 5 nitrogen and oxygen atoms in total. The standard InChI is InChI=1S/C22H29NO4Si/c1-4-17-11-13-19(14-12-17)22(25,18-9-6-5-7-10-18)20(24)23-16-8-15-21(28,26-2)27-3/h4-7,9-14,25H,1,8,15-16H2,2-3,28H3,(H,23,24). The topological polar surface area (TPSA) is 67.8 Å². The minimum Gasteiger partial charge on any atom is -0.372 e. The SMILES string of the molecule is C=Cc1ccc(C(O)(C(=O)NCCCC([SiH3])(OC)OC)c2ccccc2)cc1. The summed E-state index contributed by atoms with van der Waals surface area (Å²) in [4.78, 5) is 13.0. The fourth-order valence-electron chi connectivity index (χ4n) is 3.00. The molecule has 0 bridgehead atoms. The van der Waals surface area contributed by atoms with Crippen molar-refractivity contribution in [1.82, 2.24) is 5.32 Å². The van der Waals surface area contributed by atoms with Crippen LogP contribution in [0.1, 0.15) is 29.5 Å². The summed E-state index contributed by atoms with van der Waals surface area (Å²) >= 11 is 0. The van der Waals surface area contributed by atoms with Crippen LogP contribution in [0.25, 0.3) is 6.08 Å². The Bertz CT molecular complexity index is 775. The van der Waals surface area contributed by atoms with Crippen LogP contribution in [0, 0.1) is 0 Å². The number of carbonyl (C=O) groups is 1. The maximum absolute atomic E-state index is 13.0. The molecule has 0 radical (unpaired) electrons. The Hall–Kier alpha value is -2.25. The third-order valence-corrected chi connectivity index (χ3v) is 6.36. The predicted molar refractivity (Wildman–Crippen MR) is 115 cm³/mol. The second kappa shape index (κ2) is 9.79. The summed E-state index contributed by atoms with van der Waals surface area (Å²) in [5, 5.41) is 14.3. The zero-order chi connectivity index (χ0) is 20.6. The first-order valence-electron chi connectivity index (χ1n) is 9.29. The van der Waals surface area contributed by atoms with E-state index in [0.29, 0.717) is 30.5 Å². The molecule has 0 spiro atoms. The van der Waals surface area contributed by atoms with Crippen molar-refractivity contribution in [3.8, 4) is 0 Å². The second-order valence-corrected chi connectivity index (χ2v) is 8.33. The van der Waals surface area contributed by atoms with Gasteiger partial charge >= 0.3 is 0 Å². The van der Waals surface area contributed by atoms with Crippen molar-refractivity contribution in [2.75, 3.05) is 20.8 Å². The first-order chi connectivity index (χ1) is 13.4. The first-order valence-corrected chi connectivity index (χ1v) is 10.3. The van der Waals surface area contributed by atoms with Crippen LogP contribution in [0.2, 0.25) is 0 Å². The van der Waals surface area contributed by atoms with Gasteiger partial charge in [0.2, 0.25) is 0 Å². The maximum Gasteiger partial charge on any atom is 0.261 e. The lowest BCUT2D eigenvalue weighted by atomic mass is 9.85. The molecule has 0 fully saturated rings. The molecule has 0 aliphatic carbocycles. The van der Waals surface area contributed by atoms with Crippen molar-refractivity contribution in [2.45, 2.75) is 23.9 Å². The zero-order valence-corrected chi connectivity index (χ0v) is 18.8. The number of aliphatic hydroxyl groups is 1. The molecule has 0 saturated heterocycles. The summed E-state index contributed by atoms with van der Waals surface area (Å²) < 4.78 is 10.8. The summed E-state index contributed by atoms with van der Waals surface area (Å²) in [5.41, 5.74) is -0.387. The van der Waals surface area contributed by atoms with E-state index in [0.717, 1.165) is 15.8 Å². The van der Waals surface area contributed by atoms with Gasteiger partial charge in [0.05, 0.1) is 10.2 Å². The molecule has 6 heteroatoms. The first kappa shape index (κ1) is 22.0. The smallest absolute Gasteiger partial charge is 0.261 e. The number of nitrogens with one attached hydrogen (secondary N) is 1. The van der Waals surface area contributed by atoms with Crippen molar-refractivity contribution < 1.29 is 19.4 Å². The number of benzene rings is 2. The van der Waals surface area contributed by atoms with Gasteiger partial charge in [0.1, 0.15) is 5.41 Å². The summed E-state index contributed by atoms with van der Waals surface area (Å²) in [5.74, 6) is -0.459. The fraction of sp³-hybridized carbons (Fsp3) is 0.318. The van der Waals surface area contributed by atoms with Crippen molar-refractivity contribution in [2.24, 2.45) is 0 Å². The second-order valence-electron chi connectivity index (χ2n) is 6.80. The van der Waals surface area contributed by atoms with Gasteiger partial charge in [0.15, 0.2) is 5.60 Å². The van der Waals surface area contributed by atoms with Gasteiger partial charge in [-0.25, -0.2) is 0 Å². The van der Waals surface area contributed by atoms with Gasteiger partial charge in [0, 0.05) is 20.8 Å². The fourth-order valence-corrected chi connectivity index (χ4v) is 3.35. The minimum atomic E-state index is -1.78. The average Bonchev–Trinajstić information content (AvgIpc) is 2.76. The lowest BCUT2D eigenvalue weighted by Crippen LogP contribution is -2.46. The van der Waals surface area contributed by atoms with E-state index in [1.165, 1.54) is 0 Å². The molecular formula is C22H29NO4Si. The van der Waals surface area contributed by atoms with Crippen molar-refractivity contribution >= 4 is 22.2 Å². The summed E-state index contributed by atoms with van der Waals surface area (Å²) in [6.07, 6.45) is 3.07. The number of rotatable bonds is 10. The Labute approximate surface area is 169 Å². The van der Waals surface area contributed by atoms with Gasteiger partial charge in [-0.05, 0) is 29.5 Å². The van der Waals surface area contributed by atoms with Crippen LogP contribution >= 0.6 is 0 Å². The van der Waals surface area contributed by atoms with Gasteiger partial charge in [-0.2, -0.15) is 0 Å². The molecule has 1 amide bonds. The number of hydrogen-bond acceptors (Lipinski definition) is 4. The molecule has 2 rings (SSSR count). The summed E-state index contributed by atoms with van der Waals surface area (Å²) in [6.45, 7) is 4.15. The molecule has 1 atom stereocenters. The van der Waals surface area contributed by atoms with E-state index >= 15 is 0 Å². The Morgan fingerprint density at radius 2 is 1.68 bits per heavy atom. The third kappa shape index (κ3) is 4.96. The quantitative estimate of drug-likeness (QED) is 0.363. The van der Waals surface area contributed by atoms with Crippen LogP contribution in [0.5, 0.6) is 0 Å². The van der Waals surface area contributed by atoms with Crippen LogP contribution in [0.3, 0.4) is 0 Å². The minimum absolute atomic E-state index is 0.412. The molecule has 2 aromatic rings. The summed E-state index contributed by atoms with van der Waals surface area (Å²) in [6, 6.07) is 16.1. The number of amides is 1. The summed E-state index contributed by atoms with van der Waals surface area (Å²) in [7, 11) is 3.96. The van der Waals surface area contributed by atoms with Gasteiger partial charge in [-0.1, -0.05) is 67.3 Å². The molecule has 0 saturated carbocycles. The third-order valence-electron chi connectivity index (χ3n) is 5.04. The number of methoxy groups -OCH3 is 2. The van der Waals surface area contributed by atoms with Gasteiger partial charge in [-0.3, -0.25) is 4.79 Å². The van der Waals surface area contributed by atoms with Gasteiger partial charge in [0.25, 0.3) is 5.91 Å². The Morgan fingerprint density at radius 1 is 1.11 bits per heavy atom. The van der Waals surface area contributed by atoms with Gasteiger partial charge < -0.3 is 19.9 Å². The zero-order valence-electron chi connectivity index (χ0n) is 16.8. The Morgan fingerprint density at radius 3 is 2.21 bits per heavy atom. The van der Waals surface area contributed by atoms with E-state index < -0.39 is 16.9 Å². The molecular weight excluding hydrogens is 370 g/mol. The molecule has 150 valence electrons. The monoisotopic (exact) mass is 399 g/mol.